The van der Waals surface area contributed by atoms with Gasteiger partial charge in [0.1, 0.15) is 12.1 Å². The van der Waals surface area contributed by atoms with Crippen LogP contribution in [0.4, 0.5) is 0 Å². The largest absolute Gasteiger partial charge is 0.467 e. The number of esters is 1. The van der Waals surface area contributed by atoms with Crippen molar-refractivity contribution in [3.8, 4) is 0 Å². The van der Waals surface area contributed by atoms with Crippen molar-refractivity contribution in [1.82, 2.24) is 10.6 Å². The number of methoxy groups -OCH3 is 1. The number of carbonyl (C=O) groups is 3. The Morgan fingerprint density at radius 2 is 1.59 bits per heavy atom. The van der Waals surface area contributed by atoms with E-state index in [0.29, 0.717) is 12.8 Å². The summed E-state index contributed by atoms with van der Waals surface area (Å²) in [4.78, 5) is 36.7. The lowest BCUT2D eigenvalue weighted by Gasteiger charge is -2.28. The van der Waals surface area contributed by atoms with E-state index in [1.54, 1.807) is 0 Å². The summed E-state index contributed by atoms with van der Waals surface area (Å²) in [5.41, 5.74) is 1.77. The van der Waals surface area contributed by atoms with Gasteiger partial charge < -0.3 is 15.4 Å². The second-order valence-electron chi connectivity index (χ2n) is 6.47. The van der Waals surface area contributed by atoms with Gasteiger partial charge >= 0.3 is 5.97 Å². The monoisotopic (exact) mass is 366 g/mol. The molecular weight excluding hydrogens is 344 g/mol. The molecule has 6 nitrogen and oxygen atoms in total. The molecule has 1 saturated heterocycles. The zero-order valence-corrected chi connectivity index (χ0v) is 15.1. The van der Waals surface area contributed by atoms with Crippen molar-refractivity contribution in [2.75, 3.05) is 7.11 Å². The van der Waals surface area contributed by atoms with Crippen molar-refractivity contribution in [2.45, 2.75) is 30.8 Å². The van der Waals surface area contributed by atoms with Crippen LogP contribution in [0.3, 0.4) is 0 Å². The number of amides is 2. The van der Waals surface area contributed by atoms with Crippen LogP contribution in [0.2, 0.25) is 0 Å². The van der Waals surface area contributed by atoms with Gasteiger partial charge in [0.05, 0.1) is 7.11 Å². The summed E-state index contributed by atoms with van der Waals surface area (Å²) in [6.45, 7) is 0. The molecule has 1 aliphatic heterocycles. The summed E-state index contributed by atoms with van der Waals surface area (Å²) >= 11 is 0. The number of hydrogen-bond acceptors (Lipinski definition) is 4. The lowest BCUT2D eigenvalue weighted by atomic mass is 9.84. The van der Waals surface area contributed by atoms with Gasteiger partial charge in [0.15, 0.2) is 0 Å². The van der Waals surface area contributed by atoms with E-state index >= 15 is 0 Å². The number of carbonyl (C=O) groups excluding carboxylic acids is 3. The lowest BCUT2D eigenvalue weighted by molar-refractivity contribution is -0.145. The molecule has 2 N–H and O–H groups in total. The predicted molar refractivity (Wildman–Crippen MR) is 99.8 cm³/mol. The minimum absolute atomic E-state index is 0.160. The third-order valence-corrected chi connectivity index (χ3v) is 4.72. The number of ether oxygens (including phenoxy) is 1. The molecule has 1 heterocycles. The van der Waals surface area contributed by atoms with Gasteiger partial charge in [0.2, 0.25) is 11.8 Å². The van der Waals surface area contributed by atoms with Gasteiger partial charge in [-0.25, -0.2) is 4.79 Å². The highest BCUT2D eigenvalue weighted by atomic mass is 16.5. The number of nitrogens with one attached hydrogen (secondary N) is 2. The zero-order chi connectivity index (χ0) is 19.2. The first-order valence-corrected chi connectivity index (χ1v) is 8.87. The van der Waals surface area contributed by atoms with Crippen LogP contribution in [0.1, 0.15) is 29.9 Å². The zero-order valence-electron chi connectivity index (χ0n) is 15.1. The molecule has 0 unspecified atom stereocenters. The molecule has 0 radical (unpaired) electrons. The Kier molecular flexibility index (Phi) is 5.86. The Morgan fingerprint density at radius 1 is 1.04 bits per heavy atom. The minimum Gasteiger partial charge on any atom is -0.467 e. The SMILES string of the molecule is COC(=O)[C@@H](NC(=O)[C@H]1CCC(=O)N1)C(c1ccccc1)c1ccccc1. The van der Waals surface area contributed by atoms with Crippen molar-refractivity contribution in [2.24, 2.45) is 0 Å². The smallest absolute Gasteiger partial charge is 0.329 e. The summed E-state index contributed by atoms with van der Waals surface area (Å²) in [7, 11) is 1.30. The van der Waals surface area contributed by atoms with E-state index in [0.717, 1.165) is 11.1 Å². The van der Waals surface area contributed by atoms with E-state index in [-0.39, 0.29) is 11.8 Å². The van der Waals surface area contributed by atoms with E-state index in [1.807, 2.05) is 60.7 Å². The Balaban J connectivity index is 1.95. The Hall–Kier alpha value is -3.15. The van der Waals surface area contributed by atoms with Crippen LogP contribution >= 0.6 is 0 Å². The van der Waals surface area contributed by atoms with Gasteiger partial charge in [-0.15, -0.1) is 0 Å². The molecule has 2 aromatic carbocycles. The van der Waals surface area contributed by atoms with Crippen LogP contribution in [0.5, 0.6) is 0 Å². The lowest BCUT2D eigenvalue weighted by Crippen LogP contribution is -2.51. The Morgan fingerprint density at radius 3 is 2.04 bits per heavy atom. The van der Waals surface area contributed by atoms with Crippen LogP contribution in [-0.2, 0) is 19.1 Å². The van der Waals surface area contributed by atoms with Crippen molar-refractivity contribution in [3.05, 3.63) is 71.8 Å². The van der Waals surface area contributed by atoms with Gasteiger partial charge in [-0.3, -0.25) is 9.59 Å². The molecule has 2 aromatic rings. The van der Waals surface area contributed by atoms with Gasteiger partial charge in [0.25, 0.3) is 0 Å². The van der Waals surface area contributed by atoms with E-state index in [4.69, 9.17) is 4.74 Å². The van der Waals surface area contributed by atoms with E-state index in [2.05, 4.69) is 10.6 Å². The maximum atomic E-state index is 12.7. The topological polar surface area (TPSA) is 84.5 Å². The summed E-state index contributed by atoms with van der Waals surface area (Å²) in [5.74, 6) is -1.49. The maximum Gasteiger partial charge on any atom is 0.329 e. The molecule has 0 spiro atoms. The quantitative estimate of drug-likeness (QED) is 0.763. The fraction of sp³-hybridized carbons (Fsp3) is 0.286. The maximum absolute atomic E-state index is 12.7. The van der Waals surface area contributed by atoms with Gasteiger partial charge in [-0.1, -0.05) is 60.7 Å². The van der Waals surface area contributed by atoms with Crippen LogP contribution in [0.25, 0.3) is 0 Å². The molecule has 3 rings (SSSR count). The second kappa shape index (κ2) is 8.49. The number of hydrogen-bond donors (Lipinski definition) is 2. The van der Waals surface area contributed by atoms with Crippen molar-refractivity contribution >= 4 is 17.8 Å². The molecular formula is C21H22N2O4. The minimum atomic E-state index is -0.912. The van der Waals surface area contributed by atoms with E-state index in [9.17, 15) is 14.4 Å². The first-order valence-electron chi connectivity index (χ1n) is 8.87. The average Bonchev–Trinajstić information content (AvgIpc) is 3.15. The molecule has 0 saturated carbocycles. The van der Waals surface area contributed by atoms with Gasteiger partial charge in [-0.2, -0.15) is 0 Å². The fourth-order valence-corrected chi connectivity index (χ4v) is 3.37. The van der Waals surface area contributed by atoms with Crippen LogP contribution in [0.15, 0.2) is 60.7 Å². The molecule has 1 aliphatic rings. The van der Waals surface area contributed by atoms with Gasteiger partial charge in [0, 0.05) is 12.3 Å². The van der Waals surface area contributed by atoms with Crippen LogP contribution in [-0.4, -0.2) is 37.0 Å². The van der Waals surface area contributed by atoms with Crippen molar-refractivity contribution < 1.29 is 19.1 Å². The molecule has 0 aromatic heterocycles. The third kappa shape index (κ3) is 4.34. The fourth-order valence-electron chi connectivity index (χ4n) is 3.37. The molecule has 2 amide bonds. The van der Waals surface area contributed by atoms with Crippen LogP contribution < -0.4 is 10.6 Å². The average molecular weight is 366 g/mol. The number of benzene rings is 2. The molecule has 2 atom stereocenters. The summed E-state index contributed by atoms with van der Waals surface area (Å²) in [6, 6.07) is 17.5. The molecule has 140 valence electrons. The Bertz CT molecular complexity index is 768. The van der Waals surface area contributed by atoms with E-state index in [1.165, 1.54) is 7.11 Å². The van der Waals surface area contributed by atoms with Gasteiger partial charge in [-0.05, 0) is 17.5 Å². The van der Waals surface area contributed by atoms with Crippen LogP contribution in [0, 0.1) is 0 Å². The normalized spacial score (nSPS) is 17.3. The molecule has 0 aliphatic carbocycles. The van der Waals surface area contributed by atoms with Crippen molar-refractivity contribution in [3.63, 3.8) is 0 Å². The van der Waals surface area contributed by atoms with Crippen molar-refractivity contribution in [1.29, 1.82) is 0 Å². The summed E-state index contributed by atoms with van der Waals surface area (Å²) in [6.07, 6.45) is 0.724. The second-order valence-corrected chi connectivity index (χ2v) is 6.47. The standard InChI is InChI=1S/C21H22N2O4/c1-27-21(26)19(23-20(25)16-12-13-17(24)22-16)18(14-8-4-2-5-9-14)15-10-6-3-7-11-15/h2-11,16,18-19H,12-13H2,1H3,(H,22,24)(H,23,25)/t16-,19+/m1/s1. The predicted octanol–water partition coefficient (Wildman–Crippen LogP) is 1.75. The molecule has 0 bridgehead atoms. The van der Waals surface area contributed by atoms with E-state index < -0.39 is 24.0 Å². The highest BCUT2D eigenvalue weighted by Gasteiger charge is 2.36. The first-order chi connectivity index (χ1) is 13.1. The highest BCUT2D eigenvalue weighted by Crippen LogP contribution is 2.29. The Labute approximate surface area is 157 Å². The molecule has 27 heavy (non-hydrogen) atoms. The molecule has 6 heteroatoms. The third-order valence-electron chi connectivity index (χ3n) is 4.72. The first kappa shape index (κ1) is 18.6. The summed E-state index contributed by atoms with van der Waals surface area (Å²) < 4.78 is 4.98. The molecule has 1 fully saturated rings. The summed E-state index contributed by atoms with van der Waals surface area (Å²) in [5, 5.41) is 5.43. The number of rotatable bonds is 6. The highest BCUT2D eigenvalue weighted by molar-refractivity contribution is 5.93.